The molecule has 1 fully saturated rings. The third-order valence-corrected chi connectivity index (χ3v) is 5.67. The van der Waals surface area contributed by atoms with E-state index in [1.54, 1.807) is 0 Å². The number of unbranched alkanes of at least 4 members (excludes halogenated alkanes) is 1. The average molecular weight is 406 g/mol. The molecule has 2 unspecified atom stereocenters. The molecule has 3 N–H and O–H groups in total. The molecule has 154 valence electrons. The van der Waals surface area contributed by atoms with Gasteiger partial charge < -0.3 is 15.8 Å². The Labute approximate surface area is 170 Å². The Hall–Kier alpha value is -1.83. The van der Waals surface area contributed by atoms with Gasteiger partial charge in [0, 0.05) is 6.61 Å². The largest absolute Gasteiger partial charge is 0.381 e. The normalized spacial score (nSPS) is 17.5. The topological polar surface area (TPSA) is 94.3 Å². The number of nitrogens with zero attached hydrogens (tertiary/aromatic N) is 1. The first kappa shape index (κ1) is 22.5. The highest BCUT2D eigenvalue weighted by molar-refractivity contribution is 7.20. The summed E-state index contributed by atoms with van der Waals surface area (Å²) < 4.78 is 6.37. The maximum Gasteiger partial charge on any atom is 0.226 e. The number of ether oxygens (including phenoxy) is 1. The van der Waals surface area contributed by atoms with E-state index in [2.05, 4.69) is 10.3 Å². The van der Waals surface area contributed by atoms with Gasteiger partial charge in [-0.1, -0.05) is 26.0 Å². The predicted molar refractivity (Wildman–Crippen MR) is 114 cm³/mol. The van der Waals surface area contributed by atoms with E-state index < -0.39 is 6.04 Å². The van der Waals surface area contributed by atoms with Crippen molar-refractivity contribution < 1.29 is 14.3 Å². The first-order valence-electron chi connectivity index (χ1n) is 10.2. The van der Waals surface area contributed by atoms with Gasteiger partial charge in [0.15, 0.2) is 5.01 Å². The minimum Gasteiger partial charge on any atom is -0.381 e. The third kappa shape index (κ3) is 6.09. The predicted octanol–water partition coefficient (Wildman–Crippen LogP) is 3.55. The van der Waals surface area contributed by atoms with Crippen LogP contribution in [0.3, 0.4) is 0 Å². The van der Waals surface area contributed by atoms with Crippen LogP contribution in [0.4, 0.5) is 0 Å². The molecule has 1 aromatic carbocycles. The number of nitrogens with two attached hydrogens (primary N) is 1. The van der Waals surface area contributed by atoms with Gasteiger partial charge in [0.1, 0.15) is 0 Å². The van der Waals surface area contributed by atoms with Crippen LogP contribution in [0, 0.1) is 5.92 Å². The molecule has 2 heterocycles. The highest BCUT2D eigenvalue weighted by Gasteiger charge is 2.28. The van der Waals surface area contributed by atoms with Crippen LogP contribution in [0.25, 0.3) is 10.2 Å². The number of nitrogens with one attached hydrogen (secondary N) is 1. The maximum atomic E-state index is 13.0. The van der Waals surface area contributed by atoms with Crippen molar-refractivity contribution in [3.05, 3.63) is 29.3 Å². The first-order chi connectivity index (χ1) is 13.7. The number of hydrogen-bond donors (Lipinski definition) is 2. The van der Waals surface area contributed by atoms with Crippen LogP contribution in [0.15, 0.2) is 24.3 Å². The molecule has 0 saturated carbocycles. The van der Waals surface area contributed by atoms with Crippen molar-refractivity contribution in [3.8, 4) is 0 Å². The lowest BCUT2D eigenvalue weighted by atomic mass is 9.99. The highest BCUT2D eigenvalue weighted by atomic mass is 32.1. The van der Waals surface area contributed by atoms with Crippen LogP contribution in [0.5, 0.6) is 0 Å². The third-order valence-electron chi connectivity index (χ3n) is 4.62. The monoisotopic (exact) mass is 405 g/mol. The minimum absolute atomic E-state index is 0.100. The molecular formula is C21H31N3O3S. The number of carbonyl (C=O) groups excluding carboxylic acids is 2. The van der Waals surface area contributed by atoms with Gasteiger partial charge in [-0.2, -0.15) is 0 Å². The Bertz CT molecular complexity index is 723. The van der Waals surface area contributed by atoms with E-state index in [9.17, 15) is 9.59 Å². The molecule has 0 aliphatic carbocycles. The molecule has 7 heteroatoms. The molecule has 1 aliphatic rings. The number of Topliss-reactive ketones (excluding diaryl/α,β-unsaturated/α-hetero) is 1. The summed E-state index contributed by atoms with van der Waals surface area (Å²) in [7, 11) is 0. The van der Waals surface area contributed by atoms with Crippen LogP contribution >= 0.6 is 11.3 Å². The van der Waals surface area contributed by atoms with E-state index in [4.69, 9.17) is 10.5 Å². The summed E-state index contributed by atoms with van der Waals surface area (Å²) >= 11 is 1.37. The molecule has 1 aromatic heterocycles. The zero-order valence-corrected chi connectivity index (χ0v) is 17.6. The van der Waals surface area contributed by atoms with Gasteiger partial charge >= 0.3 is 0 Å². The van der Waals surface area contributed by atoms with Gasteiger partial charge in [0.05, 0.1) is 28.8 Å². The Morgan fingerprint density at radius 2 is 2.11 bits per heavy atom. The number of hydrogen-bond acceptors (Lipinski definition) is 6. The maximum absolute atomic E-state index is 13.0. The standard InChI is InChI=1S/C19H25N3O3S.C2H6/c20-10-4-3-8-15(21-18(24)13-6-5-11-25-12-13)17(23)19-22-14-7-1-2-9-16(14)26-19;1-2/h1-2,7,9,13,15H,3-6,8,10-12,20H2,(H,21,24);1-2H3. The SMILES string of the molecule is CC.NCCCCC(NC(=O)C1CCCOC1)C(=O)c1nc2ccccc2s1. The van der Waals surface area contributed by atoms with Gasteiger partial charge in [0.2, 0.25) is 11.7 Å². The molecule has 3 rings (SSSR count). The summed E-state index contributed by atoms with van der Waals surface area (Å²) in [5.41, 5.74) is 6.39. The molecule has 0 spiro atoms. The number of para-hydroxylation sites is 1. The highest BCUT2D eigenvalue weighted by Crippen LogP contribution is 2.24. The minimum atomic E-state index is -0.559. The van der Waals surface area contributed by atoms with Gasteiger partial charge in [-0.05, 0) is 50.8 Å². The molecule has 0 bridgehead atoms. The Morgan fingerprint density at radius 1 is 1.32 bits per heavy atom. The number of benzene rings is 1. The molecule has 0 radical (unpaired) electrons. The van der Waals surface area contributed by atoms with E-state index in [1.165, 1.54) is 11.3 Å². The number of carbonyl (C=O) groups is 2. The molecule has 1 saturated heterocycles. The molecule has 28 heavy (non-hydrogen) atoms. The Balaban J connectivity index is 0.00000136. The van der Waals surface area contributed by atoms with E-state index in [0.717, 1.165) is 35.9 Å². The molecule has 6 nitrogen and oxygen atoms in total. The number of amides is 1. The van der Waals surface area contributed by atoms with Crippen molar-refractivity contribution in [2.75, 3.05) is 19.8 Å². The van der Waals surface area contributed by atoms with E-state index in [-0.39, 0.29) is 17.6 Å². The molecule has 2 atom stereocenters. The fourth-order valence-corrected chi connectivity index (χ4v) is 4.09. The molecule has 1 amide bonds. The lowest BCUT2D eigenvalue weighted by Crippen LogP contribution is -2.45. The lowest BCUT2D eigenvalue weighted by molar-refractivity contribution is -0.129. The van der Waals surface area contributed by atoms with Gasteiger partial charge in [0.25, 0.3) is 0 Å². The van der Waals surface area contributed by atoms with Crippen molar-refractivity contribution in [1.29, 1.82) is 0 Å². The van der Waals surface area contributed by atoms with Gasteiger partial charge in [-0.3, -0.25) is 9.59 Å². The quantitative estimate of drug-likeness (QED) is 0.517. The fraction of sp³-hybridized carbons (Fsp3) is 0.571. The van der Waals surface area contributed by atoms with Crippen LogP contribution in [0.1, 0.15) is 55.8 Å². The van der Waals surface area contributed by atoms with Gasteiger partial charge in [-0.15, -0.1) is 11.3 Å². The van der Waals surface area contributed by atoms with E-state index in [0.29, 0.717) is 31.2 Å². The number of thiazole rings is 1. The summed E-state index contributed by atoms with van der Waals surface area (Å²) in [6.45, 7) is 5.71. The fourth-order valence-electron chi connectivity index (χ4n) is 3.13. The van der Waals surface area contributed by atoms with Crippen molar-refractivity contribution in [2.24, 2.45) is 11.7 Å². The van der Waals surface area contributed by atoms with Crippen LogP contribution in [0.2, 0.25) is 0 Å². The summed E-state index contributed by atoms with van der Waals surface area (Å²) in [5, 5.41) is 3.39. The van der Waals surface area contributed by atoms with Crippen LogP contribution in [-0.2, 0) is 9.53 Å². The lowest BCUT2D eigenvalue weighted by Gasteiger charge is -2.24. The second kappa shape index (κ2) is 11.9. The zero-order chi connectivity index (χ0) is 20.4. The van der Waals surface area contributed by atoms with Crippen molar-refractivity contribution in [2.45, 2.75) is 52.0 Å². The second-order valence-electron chi connectivity index (χ2n) is 6.61. The second-order valence-corrected chi connectivity index (χ2v) is 7.64. The Kier molecular flexibility index (Phi) is 9.54. The Morgan fingerprint density at radius 3 is 2.79 bits per heavy atom. The van der Waals surface area contributed by atoms with Crippen molar-refractivity contribution in [3.63, 3.8) is 0 Å². The molecular weight excluding hydrogens is 374 g/mol. The average Bonchev–Trinajstić information content (AvgIpc) is 3.19. The van der Waals surface area contributed by atoms with Crippen LogP contribution < -0.4 is 11.1 Å². The summed E-state index contributed by atoms with van der Waals surface area (Å²) in [4.78, 5) is 30.0. The first-order valence-corrected chi connectivity index (χ1v) is 11.0. The molecule has 2 aromatic rings. The van der Waals surface area contributed by atoms with Crippen LogP contribution in [-0.4, -0.2) is 42.5 Å². The summed E-state index contributed by atoms with van der Waals surface area (Å²) in [6.07, 6.45) is 3.87. The molecule has 1 aliphatic heterocycles. The van der Waals surface area contributed by atoms with Crippen molar-refractivity contribution >= 4 is 33.2 Å². The number of rotatable bonds is 8. The summed E-state index contributed by atoms with van der Waals surface area (Å²) in [6, 6.07) is 7.12. The van der Waals surface area contributed by atoms with Crippen molar-refractivity contribution in [1.82, 2.24) is 10.3 Å². The zero-order valence-electron chi connectivity index (χ0n) is 16.8. The number of ketones is 1. The smallest absolute Gasteiger partial charge is 0.226 e. The number of aromatic nitrogens is 1. The number of fused-ring (bicyclic) bond motifs is 1. The van der Waals surface area contributed by atoms with E-state index >= 15 is 0 Å². The van der Waals surface area contributed by atoms with Gasteiger partial charge in [-0.25, -0.2) is 4.98 Å². The van der Waals surface area contributed by atoms with E-state index in [1.807, 2.05) is 38.1 Å². The summed E-state index contributed by atoms with van der Waals surface area (Å²) in [5.74, 6) is -0.394.